The Morgan fingerprint density at radius 1 is 1.29 bits per heavy atom. The van der Waals surface area contributed by atoms with Crippen LogP contribution >= 0.6 is 0 Å². The second-order valence-corrected chi connectivity index (χ2v) is 6.22. The highest BCUT2D eigenvalue weighted by molar-refractivity contribution is 5.79. The summed E-state index contributed by atoms with van der Waals surface area (Å²) in [5, 5.41) is 3.29. The van der Waals surface area contributed by atoms with Crippen molar-refractivity contribution >= 4 is 5.91 Å². The Morgan fingerprint density at radius 3 is 2.65 bits per heavy atom. The molecule has 1 amide bonds. The van der Waals surface area contributed by atoms with Crippen LogP contribution in [-0.4, -0.2) is 18.0 Å². The fraction of sp³-hybridized carbons (Fsp3) is 0.929. The molecular formula is C14H26N2O. The summed E-state index contributed by atoms with van der Waals surface area (Å²) in [4.78, 5) is 12.3. The fourth-order valence-corrected chi connectivity index (χ4v) is 3.42. The van der Waals surface area contributed by atoms with E-state index >= 15 is 0 Å². The first kappa shape index (κ1) is 12.9. The SMILES string of the molecule is CC1(NC(=O)C2CCCC(CN)C2)CCCC1. The van der Waals surface area contributed by atoms with Crippen molar-refractivity contribution < 1.29 is 4.79 Å². The van der Waals surface area contributed by atoms with Gasteiger partial charge in [-0.2, -0.15) is 0 Å². The van der Waals surface area contributed by atoms with Crippen molar-refractivity contribution in [3.05, 3.63) is 0 Å². The number of nitrogens with two attached hydrogens (primary N) is 1. The predicted molar refractivity (Wildman–Crippen MR) is 69.5 cm³/mol. The summed E-state index contributed by atoms with van der Waals surface area (Å²) in [6, 6.07) is 0. The van der Waals surface area contributed by atoms with Crippen molar-refractivity contribution in [1.29, 1.82) is 0 Å². The molecule has 0 aliphatic heterocycles. The van der Waals surface area contributed by atoms with E-state index < -0.39 is 0 Å². The van der Waals surface area contributed by atoms with Crippen LogP contribution in [0.15, 0.2) is 0 Å². The Hall–Kier alpha value is -0.570. The van der Waals surface area contributed by atoms with Gasteiger partial charge in [0.1, 0.15) is 0 Å². The number of amides is 1. The minimum atomic E-state index is 0.0761. The van der Waals surface area contributed by atoms with Crippen LogP contribution in [0.4, 0.5) is 0 Å². The summed E-state index contributed by atoms with van der Waals surface area (Å²) in [7, 11) is 0. The molecule has 3 nitrogen and oxygen atoms in total. The number of hydrogen-bond acceptors (Lipinski definition) is 2. The molecule has 2 rings (SSSR count). The first-order valence-electron chi connectivity index (χ1n) is 7.15. The Balaban J connectivity index is 1.86. The quantitative estimate of drug-likeness (QED) is 0.792. The molecule has 0 aromatic carbocycles. The van der Waals surface area contributed by atoms with Gasteiger partial charge in [0, 0.05) is 11.5 Å². The van der Waals surface area contributed by atoms with Gasteiger partial charge in [0.15, 0.2) is 0 Å². The molecule has 17 heavy (non-hydrogen) atoms. The summed E-state index contributed by atoms with van der Waals surface area (Å²) < 4.78 is 0. The van der Waals surface area contributed by atoms with Gasteiger partial charge in [0.25, 0.3) is 0 Å². The molecule has 3 N–H and O–H groups in total. The third-order valence-electron chi connectivity index (χ3n) is 4.62. The molecular weight excluding hydrogens is 212 g/mol. The standard InChI is InChI=1S/C14H26N2O/c1-14(7-2-3-8-14)16-13(17)12-6-4-5-11(9-12)10-15/h11-12H,2-10,15H2,1H3,(H,16,17). The molecule has 3 heteroatoms. The zero-order valence-electron chi connectivity index (χ0n) is 11.0. The first-order valence-corrected chi connectivity index (χ1v) is 7.15. The second kappa shape index (κ2) is 5.38. The molecule has 0 spiro atoms. The lowest BCUT2D eigenvalue weighted by Gasteiger charge is -2.32. The van der Waals surface area contributed by atoms with Gasteiger partial charge in [-0.05, 0) is 51.5 Å². The van der Waals surface area contributed by atoms with Gasteiger partial charge in [0.2, 0.25) is 5.91 Å². The van der Waals surface area contributed by atoms with Gasteiger partial charge in [0.05, 0.1) is 0 Å². The summed E-state index contributed by atoms with van der Waals surface area (Å²) in [6.07, 6.45) is 9.22. The second-order valence-electron chi connectivity index (χ2n) is 6.22. The minimum Gasteiger partial charge on any atom is -0.351 e. The first-order chi connectivity index (χ1) is 8.13. The third kappa shape index (κ3) is 3.21. The number of carbonyl (C=O) groups is 1. The summed E-state index contributed by atoms with van der Waals surface area (Å²) in [5.74, 6) is 1.07. The predicted octanol–water partition coefficient (Wildman–Crippen LogP) is 2.20. The van der Waals surface area contributed by atoms with Crippen LogP contribution in [0.3, 0.4) is 0 Å². The van der Waals surface area contributed by atoms with Crippen molar-refractivity contribution in [1.82, 2.24) is 5.32 Å². The molecule has 2 aliphatic rings. The van der Waals surface area contributed by atoms with E-state index in [4.69, 9.17) is 5.73 Å². The van der Waals surface area contributed by atoms with Gasteiger partial charge in [-0.15, -0.1) is 0 Å². The molecule has 0 heterocycles. The molecule has 0 bridgehead atoms. The summed E-state index contributed by atoms with van der Waals surface area (Å²) in [5.41, 5.74) is 5.80. The van der Waals surface area contributed by atoms with E-state index in [-0.39, 0.29) is 17.4 Å². The fourth-order valence-electron chi connectivity index (χ4n) is 3.42. The van der Waals surface area contributed by atoms with Crippen LogP contribution in [0.2, 0.25) is 0 Å². The smallest absolute Gasteiger partial charge is 0.223 e. The number of carbonyl (C=O) groups excluding carboxylic acids is 1. The van der Waals surface area contributed by atoms with Crippen LogP contribution in [0, 0.1) is 11.8 Å². The number of nitrogens with one attached hydrogen (secondary N) is 1. The van der Waals surface area contributed by atoms with Crippen molar-refractivity contribution in [3.8, 4) is 0 Å². The molecule has 2 aliphatic carbocycles. The maximum atomic E-state index is 12.3. The van der Waals surface area contributed by atoms with E-state index in [9.17, 15) is 4.79 Å². The average molecular weight is 238 g/mol. The van der Waals surface area contributed by atoms with Gasteiger partial charge in [-0.25, -0.2) is 0 Å². The summed E-state index contributed by atoms with van der Waals surface area (Å²) in [6.45, 7) is 2.93. The Kier molecular flexibility index (Phi) is 4.08. The van der Waals surface area contributed by atoms with E-state index in [1.807, 2.05) is 0 Å². The maximum Gasteiger partial charge on any atom is 0.223 e. The number of rotatable bonds is 3. The van der Waals surface area contributed by atoms with Crippen molar-refractivity contribution in [2.45, 2.75) is 63.8 Å². The van der Waals surface area contributed by atoms with Gasteiger partial charge < -0.3 is 11.1 Å². The molecule has 2 unspecified atom stereocenters. The highest BCUT2D eigenvalue weighted by Crippen LogP contribution is 2.32. The van der Waals surface area contributed by atoms with E-state index in [1.54, 1.807) is 0 Å². The monoisotopic (exact) mass is 238 g/mol. The Morgan fingerprint density at radius 2 is 2.00 bits per heavy atom. The molecule has 0 radical (unpaired) electrons. The third-order valence-corrected chi connectivity index (χ3v) is 4.62. The van der Waals surface area contributed by atoms with Gasteiger partial charge in [-0.1, -0.05) is 19.3 Å². The number of hydrogen-bond donors (Lipinski definition) is 2. The zero-order chi connectivity index (χ0) is 12.3. The van der Waals surface area contributed by atoms with Gasteiger partial charge >= 0.3 is 0 Å². The van der Waals surface area contributed by atoms with Crippen LogP contribution in [0.1, 0.15) is 58.3 Å². The van der Waals surface area contributed by atoms with Crippen molar-refractivity contribution in [2.75, 3.05) is 6.54 Å². The van der Waals surface area contributed by atoms with E-state index in [0.717, 1.165) is 38.6 Å². The molecule has 98 valence electrons. The maximum absolute atomic E-state index is 12.3. The average Bonchev–Trinajstić information content (AvgIpc) is 2.76. The van der Waals surface area contributed by atoms with E-state index in [1.165, 1.54) is 19.3 Å². The topological polar surface area (TPSA) is 55.1 Å². The van der Waals surface area contributed by atoms with Crippen LogP contribution < -0.4 is 11.1 Å². The molecule has 2 fully saturated rings. The molecule has 0 aromatic heterocycles. The lowest BCUT2D eigenvalue weighted by molar-refractivity contribution is -0.128. The van der Waals surface area contributed by atoms with Crippen molar-refractivity contribution in [2.24, 2.45) is 17.6 Å². The van der Waals surface area contributed by atoms with Crippen molar-refractivity contribution in [3.63, 3.8) is 0 Å². The van der Waals surface area contributed by atoms with Crippen LogP contribution in [0.5, 0.6) is 0 Å². The molecule has 0 aromatic rings. The Bertz CT molecular complexity index is 271. The summed E-state index contributed by atoms with van der Waals surface area (Å²) >= 11 is 0. The highest BCUT2D eigenvalue weighted by Gasteiger charge is 2.34. The van der Waals surface area contributed by atoms with E-state index in [0.29, 0.717) is 5.92 Å². The minimum absolute atomic E-state index is 0.0761. The van der Waals surface area contributed by atoms with Crippen LogP contribution in [-0.2, 0) is 4.79 Å². The lowest BCUT2D eigenvalue weighted by Crippen LogP contribution is -2.47. The molecule has 2 atom stereocenters. The normalized spacial score (nSPS) is 32.4. The lowest BCUT2D eigenvalue weighted by atomic mass is 9.80. The highest BCUT2D eigenvalue weighted by atomic mass is 16.2. The largest absolute Gasteiger partial charge is 0.351 e. The Labute approximate surface area is 105 Å². The molecule has 2 saturated carbocycles. The van der Waals surface area contributed by atoms with Gasteiger partial charge in [-0.3, -0.25) is 4.79 Å². The molecule has 0 saturated heterocycles. The van der Waals surface area contributed by atoms with E-state index in [2.05, 4.69) is 12.2 Å². The van der Waals surface area contributed by atoms with Crippen LogP contribution in [0.25, 0.3) is 0 Å². The zero-order valence-corrected chi connectivity index (χ0v) is 11.0.